The topological polar surface area (TPSA) is 64.6 Å². The van der Waals surface area contributed by atoms with Gasteiger partial charge in [-0.1, -0.05) is 12.1 Å². The summed E-state index contributed by atoms with van der Waals surface area (Å²) in [6.07, 6.45) is 0.193. The van der Waals surface area contributed by atoms with Gasteiger partial charge in [-0.25, -0.2) is 4.79 Å². The first kappa shape index (κ1) is 14.0. The van der Waals surface area contributed by atoms with Gasteiger partial charge in [-0.05, 0) is 24.6 Å². The summed E-state index contributed by atoms with van der Waals surface area (Å²) >= 11 is 0. The van der Waals surface area contributed by atoms with E-state index in [2.05, 4.69) is 10.1 Å². The second-order valence-electron chi connectivity index (χ2n) is 3.84. The van der Waals surface area contributed by atoms with Crippen molar-refractivity contribution in [3.63, 3.8) is 0 Å². The zero-order valence-corrected chi connectivity index (χ0v) is 10.7. The van der Waals surface area contributed by atoms with E-state index in [-0.39, 0.29) is 12.3 Å². The number of carbonyl (C=O) groups is 2. The summed E-state index contributed by atoms with van der Waals surface area (Å²) in [5.74, 6) is -0.00328. The smallest absolute Gasteiger partial charge is 0.328 e. The molecule has 0 saturated heterocycles. The van der Waals surface area contributed by atoms with Crippen molar-refractivity contribution >= 4 is 11.9 Å². The number of amides is 1. The summed E-state index contributed by atoms with van der Waals surface area (Å²) in [6.45, 7) is 1.58. The van der Waals surface area contributed by atoms with Gasteiger partial charge in [0, 0.05) is 0 Å². The Morgan fingerprint density at radius 3 is 2.67 bits per heavy atom. The van der Waals surface area contributed by atoms with E-state index in [0.29, 0.717) is 5.75 Å². The molecule has 0 aliphatic carbocycles. The van der Waals surface area contributed by atoms with Gasteiger partial charge in [0.2, 0.25) is 5.91 Å². The SMILES string of the molecule is COC(=O)[C@H](C)NC(=O)Cc1cccc(OC)c1. The fourth-order valence-corrected chi connectivity index (χ4v) is 1.50. The third kappa shape index (κ3) is 4.08. The number of rotatable bonds is 5. The minimum atomic E-state index is -0.645. The maximum atomic E-state index is 11.7. The zero-order valence-electron chi connectivity index (χ0n) is 10.7. The average molecular weight is 251 g/mol. The molecule has 18 heavy (non-hydrogen) atoms. The first-order valence-corrected chi connectivity index (χ1v) is 5.57. The van der Waals surface area contributed by atoms with Gasteiger partial charge in [0.05, 0.1) is 20.6 Å². The van der Waals surface area contributed by atoms with Crippen molar-refractivity contribution in [2.45, 2.75) is 19.4 Å². The summed E-state index contributed by atoms with van der Waals surface area (Å²) in [7, 11) is 2.85. The molecule has 0 spiro atoms. The van der Waals surface area contributed by atoms with E-state index >= 15 is 0 Å². The van der Waals surface area contributed by atoms with Crippen molar-refractivity contribution in [2.24, 2.45) is 0 Å². The predicted octanol–water partition coefficient (Wildman–Crippen LogP) is 0.915. The maximum Gasteiger partial charge on any atom is 0.328 e. The second-order valence-corrected chi connectivity index (χ2v) is 3.84. The highest BCUT2D eigenvalue weighted by molar-refractivity contribution is 5.85. The minimum Gasteiger partial charge on any atom is -0.497 e. The quantitative estimate of drug-likeness (QED) is 0.790. The van der Waals surface area contributed by atoms with Gasteiger partial charge in [0.1, 0.15) is 11.8 Å². The molecule has 1 rings (SSSR count). The largest absolute Gasteiger partial charge is 0.497 e. The Hall–Kier alpha value is -2.04. The Balaban J connectivity index is 2.56. The highest BCUT2D eigenvalue weighted by Crippen LogP contribution is 2.12. The van der Waals surface area contributed by atoms with Crippen LogP contribution in [-0.2, 0) is 20.7 Å². The number of carbonyl (C=O) groups excluding carboxylic acids is 2. The lowest BCUT2D eigenvalue weighted by molar-refractivity contribution is -0.144. The molecule has 0 aliphatic rings. The fourth-order valence-electron chi connectivity index (χ4n) is 1.50. The monoisotopic (exact) mass is 251 g/mol. The summed E-state index contributed by atoms with van der Waals surface area (Å²) in [6, 6.07) is 6.57. The van der Waals surface area contributed by atoms with E-state index in [9.17, 15) is 9.59 Å². The molecule has 0 radical (unpaired) electrons. The van der Waals surface area contributed by atoms with E-state index in [0.717, 1.165) is 5.56 Å². The van der Waals surface area contributed by atoms with Crippen LogP contribution in [0.2, 0.25) is 0 Å². The molecule has 1 aromatic rings. The van der Waals surface area contributed by atoms with Crippen LogP contribution in [0.15, 0.2) is 24.3 Å². The first-order chi connectivity index (χ1) is 8.56. The third-order valence-corrected chi connectivity index (χ3v) is 2.43. The Labute approximate surface area is 106 Å². The molecule has 5 heteroatoms. The Morgan fingerprint density at radius 1 is 1.33 bits per heavy atom. The summed E-state index contributed by atoms with van der Waals surface area (Å²) in [5.41, 5.74) is 0.823. The van der Waals surface area contributed by atoms with E-state index in [4.69, 9.17) is 4.74 Å². The molecular weight excluding hydrogens is 234 g/mol. The molecule has 0 fully saturated rings. The van der Waals surface area contributed by atoms with Crippen LogP contribution in [0.25, 0.3) is 0 Å². The summed E-state index contributed by atoms with van der Waals surface area (Å²) < 4.78 is 9.59. The lowest BCUT2D eigenvalue weighted by Gasteiger charge is -2.11. The van der Waals surface area contributed by atoms with Crippen molar-refractivity contribution in [1.29, 1.82) is 0 Å². The number of esters is 1. The van der Waals surface area contributed by atoms with Crippen LogP contribution in [0.5, 0.6) is 5.75 Å². The third-order valence-electron chi connectivity index (χ3n) is 2.43. The van der Waals surface area contributed by atoms with E-state index in [1.165, 1.54) is 7.11 Å². The molecular formula is C13H17NO4. The molecule has 0 aromatic heterocycles. The van der Waals surface area contributed by atoms with Gasteiger partial charge in [-0.2, -0.15) is 0 Å². The predicted molar refractivity (Wildman–Crippen MR) is 66.3 cm³/mol. The van der Waals surface area contributed by atoms with Crippen LogP contribution in [0, 0.1) is 0 Å². The van der Waals surface area contributed by atoms with Crippen molar-refractivity contribution in [3.05, 3.63) is 29.8 Å². The van der Waals surface area contributed by atoms with E-state index < -0.39 is 12.0 Å². The van der Waals surface area contributed by atoms with Gasteiger partial charge in [-0.15, -0.1) is 0 Å². The number of hydrogen-bond donors (Lipinski definition) is 1. The van der Waals surface area contributed by atoms with Crippen molar-refractivity contribution < 1.29 is 19.1 Å². The highest BCUT2D eigenvalue weighted by Gasteiger charge is 2.15. The van der Waals surface area contributed by atoms with Crippen LogP contribution < -0.4 is 10.1 Å². The normalized spacial score (nSPS) is 11.5. The molecule has 0 unspecified atom stereocenters. The molecule has 1 amide bonds. The first-order valence-electron chi connectivity index (χ1n) is 5.57. The fraction of sp³-hybridized carbons (Fsp3) is 0.385. The number of nitrogens with one attached hydrogen (secondary N) is 1. The Bertz CT molecular complexity index is 431. The molecule has 1 N–H and O–H groups in total. The molecule has 1 atom stereocenters. The van der Waals surface area contributed by atoms with Gasteiger partial charge < -0.3 is 14.8 Å². The van der Waals surface area contributed by atoms with Crippen LogP contribution >= 0.6 is 0 Å². The number of hydrogen-bond acceptors (Lipinski definition) is 4. The molecule has 0 aliphatic heterocycles. The molecule has 0 bridgehead atoms. The highest BCUT2D eigenvalue weighted by atomic mass is 16.5. The Morgan fingerprint density at radius 2 is 2.06 bits per heavy atom. The standard InChI is InChI=1S/C13H17NO4/c1-9(13(16)18-3)14-12(15)8-10-5-4-6-11(7-10)17-2/h4-7,9H,8H2,1-3H3,(H,14,15)/t9-/m0/s1. The van der Waals surface area contributed by atoms with Crippen LogP contribution in [0.4, 0.5) is 0 Å². The lowest BCUT2D eigenvalue weighted by Crippen LogP contribution is -2.39. The summed E-state index contributed by atoms with van der Waals surface area (Å²) in [5, 5.41) is 2.56. The lowest BCUT2D eigenvalue weighted by atomic mass is 10.1. The summed E-state index contributed by atoms with van der Waals surface area (Å²) in [4.78, 5) is 22.8. The molecule has 0 heterocycles. The average Bonchev–Trinajstić information content (AvgIpc) is 2.37. The maximum absolute atomic E-state index is 11.7. The van der Waals surface area contributed by atoms with Gasteiger partial charge in [-0.3, -0.25) is 4.79 Å². The van der Waals surface area contributed by atoms with Crippen molar-refractivity contribution in [3.8, 4) is 5.75 Å². The van der Waals surface area contributed by atoms with Crippen LogP contribution in [0.3, 0.4) is 0 Å². The van der Waals surface area contributed by atoms with Gasteiger partial charge in [0.25, 0.3) is 0 Å². The van der Waals surface area contributed by atoms with Gasteiger partial charge >= 0.3 is 5.97 Å². The Kier molecular flexibility index (Phi) is 5.17. The van der Waals surface area contributed by atoms with Crippen LogP contribution in [-0.4, -0.2) is 32.1 Å². The zero-order chi connectivity index (χ0) is 13.5. The molecule has 5 nitrogen and oxygen atoms in total. The molecule has 0 saturated carbocycles. The molecule has 1 aromatic carbocycles. The van der Waals surface area contributed by atoms with Gasteiger partial charge in [0.15, 0.2) is 0 Å². The van der Waals surface area contributed by atoms with Crippen LogP contribution in [0.1, 0.15) is 12.5 Å². The van der Waals surface area contributed by atoms with Crippen molar-refractivity contribution in [1.82, 2.24) is 5.32 Å². The van der Waals surface area contributed by atoms with E-state index in [1.807, 2.05) is 12.1 Å². The second kappa shape index (κ2) is 6.64. The van der Waals surface area contributed by atoms with E-state index in [1.54, 1.807) is 26.2 Å². The minimum absolute atomic E-state index is 0.193. The number of benzene rings is 1. The number of ether oxygens (including phenoxy) is 2. The molecule has 98 valence electrons. The number of methoxy groups -OCH3 is 2. The van der Waals surface area contributed by atoms with Crippen molar-refractivity contribution in [2.75, 3.05) is 14.2 Å².